The van der Waals surface area contributed by atoms with Gasteiger partial charge in [-0.05, 0) is 43.2 Å². The molecule has 1 unspecified atom stereocenters. The SMILES string of the molecule is Cc1ccc(NS(=O)(=O)c2ccc(C(C)N)cc2)nc1. The van der Waals surface area contributed by atoms with Crippen LogP contribution in [0.4, 0.5) is 5.82 Å². The van der Waals surface area contributed by atoms with Crippen LogP contribution in [0, 0.1) is 6.92 Å². The van der Waals surface area contributed by atoms with E-state index in [0.717, 1.165) is 11.1 Å². The van der Waals surface area contributed by atoms with Crippen molar-refractivity contribution >= 4 is 15.8 Å². The van der Waals surface area contributed by atoms with E-state index in [9.17, 15) is 8.42 Å². The summed E-state index contributed by atoms with van der Waals surface area (Å²) in [4.78, 5) is 4.21. The molecule has 0 fully saturated rings. The van der Waals surface area contributed by atoms with Crippen molar-refractivity contribution in [3.63, 3.8) is 0 Å². The number of benzene rings is 1. The molecule has 2 rings (SSSR count). The van der Waals surface area contributed by atoms with Crippen molar-refractivity contribution < 1.29 is 8.42 Å². The van der Waals surface area contributed by atoms with Gasteiger partial charge in [0.1, 0.15) is 5.82 Å². The first kappa shape index (κ1) is 14.5. The molecule has 1 heterocycles. The number of aromatic nitrogens is 1. The summed E-state index contributed by atoms with van der Waals surface area (Å²) < 4.78 is 26.8. The molecule has 2 aromatic rings. The van der Waals surface area contributed by atoms with Crippen molar-refractivity contribution in [3.8, 4) is 0 Å². The zero-order valence-corrected chi connectivity index (χ0v) is 12.2. The van der Waals surface area contributed by atoms with Crippen LogP contribution in [-0.2, 0) is 10.0 Å². The average molecular weight is 291 g/mol. The van der Waals surface area contributed by atoms with E-state index in [0.29, 0.717) is 5.82 Å². The zero-order chi connectivity index (χ0) is 14.8. The van der Waals surface area contributed by atoms with Crippen LogP contribution in [0.1, 0.15) is 24.1 Å². The second kappa shape index (κ2) is 5.60. The van der Waals surface area contributed by atoms with Crippen molar-refractivity contribution in [1.29, 1.82) is 0 Å². The van der Waals surface area contributed by atoms with E-state index in [1.54, 1.807) is 30.5 Å². The number of hydrogen-bond acceptors (Lipinski definition) is 4. The highest BCUT2D eigenvalue weighted by molar-refractivity contribution is 7.92. The number of hydrogen-bond donors (Lipinski definition) is 2. The molecule has 0 aliphatic carbocycles. The van der Waals surface area contributed by atoms with Gasteiger partial charge in [0.15, 0.2) is 0 Å². The van der Waals surface area contributed by atoms with Gasteiger partial charge in [0.2, 0.25) is 0 Å². The predicted octanol–water partition coefficient (Wildman–Crippen LogP) is 2.21. The molecule has 0 amide bonds. The molecule has 5 nitrogen and oxygen atoms in total. The van der Waals surface area contributed by atoms with Gasteiger partial charge < -0.3 is 5.73 Å². The molecule has 0 saturated heterocycles. The Morgan fingerprint density at radius 2 is 1.80 bits per heavy atom. The molecule has 1 aromatic carbocycles. The largest absolute Gasteiger partial charge is 0.324 e. The first-order valence-corrected chi connectivity index (χ1v) is 7.68. The second-order valence-corrected chi connectivity index (χ2v) is 6.37. The maximum absolute atomic E-state index is 12.2. The van der Waals surface area contributed by atoms with E-state index in [1.807, 2.05) is 13.8 Å². The lowest BCUT2D eigenvalue weighted by Crippen LogP contribution is -2.14. The molecule has 0 aliphatic heterocycles. The van der Waals surface area contributed by atoms with Crippen LogP contribution in [0.5, 0.6) is 0 Å². The smallest absolute Gasteiger partial charge is 0.263 e. The fraction of sp³-hybridized carbons (Fsp3) is 0.214. The first-order chi connectivity index (χ1) is 9.38. The minimum Gasteiger partial charge on any atom is -0.324 e. The van der Waals surface area contributed by atoms with Crippen molar-refractivity contribution in [2.45, 2.75) is 24.8 Å². The van der Waals surface area contributed by atoms with Gasteiger partial charge >= 0.3 is 0 Å². The number of nitrogens with one attached hydrogen (secondary N) is 1. The third-order valence-electron chi connectivity index (χ3n) is 2.87. The molecule has 0 radical (unpaired) electrons. The lowest BCUT2D eigenvalue weighted by Gasteiger charge is -2.09. The zero-order valence-electron chi connectivity index (χ0n) is 11.4. The maximum Gasteiger partial charge on any atom is 0.263 e. The number of pyridine rings is 1. The summed E-state index contributed by atoms with van der Waals surface area (Å²) in [6.07, 6.45) is 1.61. The standard InChI is InChI=1S/C14H17N3O2S/c1-10-3-8-14(16-9-10)17-20(18,19)13-6-4-12(5-7-13)11(2)15/h3-9,11H,15H2,1-2H3,(H,16,17). The quantitative estimate of drug-likeness (QED) is 0.904. The molecule has 3 N–H and O–H groups in total. The minimum atomic E-state index is -3.62. The van der Waals surface area contributed by atoms with E-state index >= 15 is 0 Å². The Morgan fingerprint density at radius 3 is 2.30 bits per heavy atom. The Hall–Kier alpha value is -1.92. The van der Waals surface area contributed by atoms with Crippen LogP contribution in [0.25, 0.3) is 0 Å². The third-order valence-corrected chi connectivity index (χ3v) is 4.24. The Kier molecular flexibility index (Phi) is 4.06. The fourth-order valence-electron chi connectivity index (χ4n) is 1.68. The van der Waals surface area contributed by atoms with Crippen molar-refractivity contribution in [2.24, 2.45) is 5.73 Å². The summed E-state index contributed by atoms with van der Waals surface area (Å²) >= 11 is 0. The highest BCUT2D eigenvalue weighted by Crippen LogP contribution is 2.17. The van der Waals surface area contributed by atoms with Gasteiger partial charge in [-0.2, -0.15) is 0 Å². The topological polar surface area (TPSA) is 85.1 Å². The molecule has 6 heteroatoms. The van der Waals surface area contributed by atoms with Gasteiger partial charge in [0.05, 0.1) is 4.90 Å². The Balaban J connectivity index is 2.23. The number of anilines is 1. The minimum absolute atomic E-state index is 0.126. The van der Waals surface area contributed by atoms with Gasteiger partial charge in [-0.3, -0.25) is 4.72 Å². The summed E-state index contributed by atoms with van der Waals surface area (Å²) in [7, 11) is -3.62. The predicted molar refractivity (Wildman–Crippen MR) is 78.8 cm³/mol. The van der Waals surface area contributed by atoms with Crippen molar-refractivity contribution in [2.75, 3.05) is 4.72 Å². The molecule has 0 bridgehead atoms. The Morgan fingerprint density at radius 1 is 1.15 bits per heavy atom. The molecule has 1 atom stereocenters. The third kappa shape index (κ3) is 3.34. The number of nitrogens with two attached hydrogens (primary N) is 1. The number of aryl methyl sites for hydroxylation is 1. The fourth-order valence-corrected chi connectivity index (χ4v) is 2.68. The summed E-state index contributed by atoms with van der Waals surface area (Å²) in [6, 6.07) is 9.79. The number of nitrogens with zero attached hydrogens (tertiary/aromatic N) is 1. The van der Waals surface area contributed by atoms with Crippen LogP contribution in [0.3, 0.4) is 0 Å². The normalized spacial score (nSPS) is 12.9. The van der Waals surface area contributed by atoms with Crippen molar-refractivity contribution in [1.82, 2.24) is 4.98 Å². The van der Waals surface area contributed by atoms with Gasteiger partial charge in [-0.1, -0.05) is 18.2 Å². The first-order valence-electron chi connectivity index (χ1n) is 6.19. The average Bonchev–Trinajstić information content (AvgIpc) is 2.41. The highest BCUT2D eigenvalue weighted by atomic mass is 32.2. The molecule has 0 saturated carbocycles. The van der Waals surface area contributed by atoms with E-state index < -0.39 is 10.0 Å². The van der Waals surface area contributed by atoms with Gasteiger partial charge in [-0.15, -0.1) is 0 Å². The molecule has 0 aliphatic rings. The van der Waals surface area contributed by atoms with Gasteiger partial charge in [0.25, 0.3) is 10.0 Å². The highest BCUT2D eigenvalue weighted by Gasteiger charge is 2.14. The lowest BCUT2D eigenvalue weighted by atomic mass is 10.1. The van der Waals surface area contributed by atoms with E-state index in [2.05, 4.69) is 9.71 Å². The molecule has 0 spiro atoms. The van der Waals surface area contributed by atoms with Crippen LogP contribution in [0.15, 0.2) is 47.5 Å². The Labute approximate surface area is 118 Å². The summed E-state index contributed by atoms with van der Waals surface area (Å²) in [6.45, 7) is 3.73. The summed E-state index contributed by atoms with van der Waals surface area (Å²) in [5.74, 6) is 0.298. The van der Waals surface area contributed by atoms with Gasteiger partial charge in [-0.25, -0.2) is 13.4 Å². The van der Waals surface area contributed by atoms with Crippen LogP contribution >= 0.6 is 0 Å². The van der Waals surface area contributed by atoms with E-state index in [4.69, 9.17) is 5.73 Å². The number of sulfonamides is 1. The molecular weight excluding hydrogens is 274 g/mol. The Bertz CT molecular complexity index is 677. The molecule has 106 valence electrons. The number of rotatable bonds is 4. The van der Waals surface area contributed by atoms with Crippen LogP contribution in [0.2, 0.25) is 0 Å². The summed E-state index contributed by atoms with van der Waals surface area (Å²) in [5.41, 5.74) is 7.59. The van der Waals surface area contributed by atoms with Crippen LogP contribution in [-0.4, -0.2) is 13.4 Å². The summed E-state index contributed by atoms with van der Waals surface area (Å²) in [5, 5.41) is 0. The molecule has 20 heavy (non-hydrogen) atoms. The molecule has 1 aromatic heterocycles. The monoisotopic (exact) mass is 291 g/mol. The van der Waals surface area contributed by atoms with Crippen LogP contribution < -0.4 is 10.5 Å². The lowest BCUT2D eigenvalue weighted by molar-refractivity contribution is 0.601. The van der Waals surface area contributed by atoms with Crippen molar-refractivity contribution in [3.05, 3.63) is 53.7 Å². The van der Waals surface area contributed by atoms with E-state index in [-0.39, 0.29) is 10.9 Å². The van der Waals surface area contributed by atoms with E-state index in [1.165, 1.54) is 12.1 Å². The van der Waals surface area contributed by atoms with Gasteiger partial charge in [0, 0.05) is 12.2 Å². The molecular formula is C14H17N3O2S. The maximum atomic E-state index is 12.2. The second-order valence-electron chi connectivity index (χ2n) is 4.68.